The zero-order valence-corrected chi connectivity index (χ0v) is 17.0. The Morgan fingerprint density at radius 3 is 2.53 bits per heavy atom. The van der Waals surface area contributed by atoms with E-state index in [0.29, 0.717) is 10.6 Å². The third-order valence-corrected chi connectivity index (χ3v) is 5.35. The van der Waals surface area contributed by atoms with Gasteiger partial charge >= 0.3 is 0 Å². The lowest BCUT2D eigenvalue weighted by atomic mass is 10.2. The summed E-state index contributed by atoms with van der Waals surface area (Å²) < 4.78 is 0. The van der Waals surface area contributed by atoms with E-state index in [9.17, 15) is 19.7 Å². The van der Waals surface area contributed by atoms with Crippen LogP contribution in [-0.4, -0.2) is 21.7 Å². The van der Waals surface area contributed by atoms with Crippen molar-refractivity contribution < 1.29 is 14.5 Å². The Hall–Kier alpha value is -3.72. The van der Waals surface area contributed by atoms with Crippen molar-refractivity contribution >= 4 is 29.3 Å². The summed E-state index contributed by atoms with van der Waals surface area (Å²) in [6.45, 7) is 3.96. The first-order valence-corrected chi connectivity index (χ1v) is 9.72. The van der Waals surface area contributed by atoms with Crippen molar-refractivity contribution in [2.75, 3.05) is 0 Å². The molecule has 0 saturated heterocycles. The highest BCUT2D eigenvalue weighted by molar-refractivity contribution is 7.99. The van der Waals surface area contributed by atoms with E-state index in [1.807, 2.05) is 32.0 Å². The first-order chi connectivity index (χ1) is 14.3. The summed E-state index contributed by atoms with van der Waals surface area (Å²) in [6.07, 6.45) is 1.59. The maximum Gasteiger partial charge on any atom is 0.272 e. The van der Waals surface area contributed by atoms with Crippen molar-refractivity contribution in [2.45, 2.75) is 23.8 Å². The number of carbonyl (C=O) groups excluding carboxylic acids is 2. The molecule has 9 heteroatoms. The number of non-ortho nitro benzene ring substituents is 1. The van der Waals surface area contributed by atoms with Crippen molar-refractivity contribution in [1.82, 2.24) is 15.8 Å². The molecule has 2 N–H and O–H groups in total. The van der Waals surface area contributed by atoms with Crippen LogP contribution in [0.15, 0.2) is 70.7 Å². The van der Waals surface area contributed by atoms with Gasteiger partial charge in [-0.2, -0.15) is 0 Å². The van der Waals surface area contributed by atoms with Crippen molar-refractivity contribution in [3.63, 3.8) is 0 Å². The van der Waals surface area contributed by atoms with Crippen LogP contribution in [-0.2, 0) is 0 Å². The van der Waals surface area contributed by atoms with E-state index in [4.69, 9.17) is 0 Å². The van der Waals surface area contributed by atoms with Gasteiger partial charge in [0.2, 0.25) is 0 Å². The number of aromatic nitrogens is 1. The summed E-state index contributed by atoms with van der Waals surface area (Å²) in [7, 11) is 0. The topological polar surface area (TPSA) is 114 Å². The van der Waals surface area contributed by atoms with Crippen LogP contribution in [0.25, 0.3) is 0 Å². The van der Waals surface area contributed by atoms with E-state index in [-0.39, 0.29) is 11.3 Å². The van der Waals surface area contributed by atoms with E-state index in [1.165, 1.54) is 30.0 Å². The number of carbonyl (C=O) groups is 2. The Kier molecular flexibility index (Phi) is 6.43. The molecule has 0 fully saturated rings. The molecule has 3 aromatic rings. The lowest BCUT2D eigenvalue weighted by molar-refractivity contribution is -0.384. The van der Waals surface area contributed by atoms with Crippen LogP contribution in [0, 0.1) is 24.0 Å². The SMILES string of the molecule is Cc1ccc(C)c(Sc2ncccc2C(=O)NNC(=O)c2cccc([N+](=O)[O-])c2)c1. The molecule has 1 heterocycles. The monoisotopic (exact) mass is 422 g/mol. The molecule has 152 valence electrons. The Labute approximate surface area is 176 Å². The van der Waals surface area contributed by atoms with Crippen molar-refractivity contribution in [3.8, 4) is 0 Å². The number of nitro benzene ring substituents is 1. The quantitative estimate of drug-likeness (QED) is 0.477. The fraction of sp³-hybridized carbons (Fsp3) is 0.0952. The van der Waals surface area contributed by atoms with Gasteiger partial charge in [0.15, 0.2) is 0 Å². The van der Waals surface area contributed by atoms with Crippen LogP contribution >= 0.6 is 11.8 Å². The number of hydrogen-bond donors (Lipinski definition) is 2. The van der Waals surface area contributed by atoms with Gasteiger partial charge < -0.3 is 0 Å². The van der Waals surface area contributed by atoms with E-state index >= 15 is 0 Å². The van der Waals surface area contributed by atoms with Gasteiger partial charge in [0.1, 0.15) is 5.03 Å². The number of benzene rings is 2. The molecule has 2 aromatic carbocycles. The summed E-state index contributed by atoms with van der Waals surface area (Å²) in [5.41, 5.74) is 6.90. The molecule has 1 aromatic heterocycles. The van der Waals surface area contributed by atoms with Crippen LogP contribution in [0.3, 0.4) is 0 Å². The zero-order chi connectivity index (χ0) is 21.7. The number of hydrogen-bond acceptors (Lipinski definition) is 6. The van der Waals surface area contributed by atoms with Gasteiger partial charge in [0.25, 0.3) is 17.5 Å². The zero-order valence-electron chi connectivity index (χ0n) is 16.2. The highest BCUT2D eigenvalue weighted by atomic mass is 32.2. The molecule has 30 heavy (non-hydrogen) atoms. The fourth-order valence-corrected chi connectivity index (χ4v) is 3.65. The normalized spacial score (nSPS) is 10.3. The first-order valence-electron chi connectivity index (χ1n) is 8.90. The first kappa shape index (κ1) is 21.0. The molecule has 0 unspecified atom stereocenters. The number of nitrogens with one attached hydrogen (secondary N) is 2. The highest BCUT2D eigenvalue weighted by Crippen LogP contribution is 2.31. The summed E-state index contributed by atoms with van der Waals surface area (Å²) in [6, 6.07) is 14.5. The van der Waals surface area contributed by atoms with Crippen LogP contribution in [0.5, 0.6) is 0 Å². The molecular formula is C21H18N4O4S. The van der Waals surface area contributed by atoms with Crippen molar-refractivity contribution in [1.29, 1.82) is 0 Å². The Morgan fingerprint density at radius 2 is 1.77 bits per heavy atom. The Bertz CT molecular complexity index is 1130. The van der Waals surface area contributed by atoms with Crippen LogP contribution < -0.4 is 10.9 Å². The highest BCUT2D eigenvalue weighted by Gasteiger charge is 2.16. The number of nitrogens with zero attached hydrogens (tertiary/aromatic N) is 2. The maximum atomic E-state index is 12.6. The van der Waals surface area contributed by atoms with Gasteiger partial charge in [0, 0.05) is 28.8 Å². The minimum absolute atomic E-state index is 0.0562. The number of rotatable bonds is 5. The van der Waals surface area contributed by atoms with Crippen molar-refractivity contribution in [2.24, 2.45) is 0 Å². The number of pyridine rings is 1. The smallest absolute Gasteiger partial charge is 0.267 e. The molecule has 0 aliphatic rings. The fourth-order valence-electron chi connectivity index (χ4n) is 2.58. The molecular weight excluding hydrogens is 404 g/mol. The maximum absolute atomic E-state index is 12.6. The van der Waals surface area contributed by atoms with E-state index in [1.54, 1.807) is 18.3 Å². The second kappa shape index (κ2) is 9.19. The third-order valence-electron chi connectivity index (χ3n) is 4.17. The second-order valence-electron chi connectivity index (χ2n) is 6.44. The largest absolute Gasteiger partial charge is 0.272 e. The molecule has 0 atom stereocenters. The molecule has 0 bridgehead atoms. The van der Waals surface area contributed by atoms with Gasteiger partial charge in [-0.05, 0) is 49.2 Å². The predicted molar refractivity (Wildman–Crippen MR) is 112 cm³/mol. The average molecular weight is 422 g/mol. The molecule has 0 radical (unpaired) electrons. The minimum Gasteiger partial charge on any atom is -0.267 e. The Morgan fingerprint density at radius 1 is 1.00 bits per heavy atom. The Balaban J connectivity index is 1.73. The molecule has 0 aliphatic heterocycles. The minimum atomic E-state index is -0.667. The van der Waals surface area contributed by atoms with Gasteiger partial charge in [0.05, 0.1) is 10.5 Å². The van der Waals surface area contributed by atoms with Crippen LogP contribution in [0.4, 0.5) is 5.69 Å². The van der Waals surface area contributed by atoms with Gasteiger partial charge in [-0.15, -0.1) is 0 Å². The molecule has 0 aliphatic carbocycles. The summed E-state index contributed by atoms with van der Waals surface area (Å²) in [5.74, 6) is -1.21. The molecule has 3 rings (SSSR count). The molecule has 0 spiro atoms. The molecule has 8 nitrogen and oxygen atoms in total. The van der Waals surface area contributed by atoms with Crippen molar-refractivity contribution in [3.05, 3.63) is 93.2 Å². The number of hydrazine groups is 1. The van der Waals surface area contributed by atoms with Gasteiger partial charge in [-0.25, -0.2) is 4.98 Å². The summed E-state index contributed by atoms with van der Waals surface area (Å²) >= 11 is 1.36. The standard InChI is InChI=1S/C21H18N4O4S/c1-13-8-9-14(2)18(11-13)30-21-17(7-4-10-22-21)20(27)24-23-19(26)15-5-3-6-16(12-15)25(28)29/h3-12H,1-2H3,(H,23,26)(H,24,27). The van der Waals surface area contributed by atoms with E-state index in [0.717, 1.165) is 22.1 Å². The lowest BCUT2D eigenvalue weighted by Crippen LogP contribution is -2.41. The van der Waals surface area contributed by atoms with Crippen LogP contribution in [0.1, 0.15) is 31.8 Å². The predicted octanol–water partition coefficient (Wildman–Crippen LogP) is 3.83. The summed E-state index contributed by atoms with van der Waals surface area (Å²) in [5, 5.41) is 11.3. The number of nitro groups is 1. The average Bonchev–Trinajstić information content (AvgIpc) is 2.74. The van der Waals surface area contributed by atoms with Crippen LogP contribution in [0.2, 0.25) is 0 Å². The lowest BCUT2D eigenvalue weighted by Gasteiger charge is -2.11. The van der Waals surface area contributed by atoms with Gasteiger partial charge in [-0.1, -0.05) is 30.0 Å². The molecule has 0 saturated carbocycles. The third kappa shape index (κ3) is 5.00. The van der Waals surface area contributed by atoms with Gasteiger partial charge in [-0.3, -0.25) is 30.6 Å². The van der Waals surface area contributed by atoms with E-state index < -0.39 is 16.7 Å². The second-order valence-corrected chi connectivity index (χ2v) is 7.47. The molecule has 2 amide bonds. The summed E-state index contributed by atoms with van der Waals surface area (Å²) in [4.78, 5) is 40.4. The number of amides is 2. The van der Waals surface area contributed by atoms with E-state index in [2.05, 4.69) is 15.8 Å². The number of aryl methyl sites for hydroxylation is 2.